The van der Waals surface area contributed by atoms with Gasteiger partial charge in [0, 0.05) is 13.0 Å². The highest BCUT2D eigenvalue weighted by Crippen LogP contribution is 2.11. The smallest absolute Gasteiger partial charge is 0.306 e. The van der Waals surface area contributed by atoms with Gasteiger partial charge in [0.15, 0.2) is 0 Å². The predicted molar refractivity (Wildman–Crippen MR) is 163 cm³/mol. The largest absolute Gasteiger partial charge is 0.457 e. The van der Waals surface area contributed by atoms with Crippen molar-refractivity contribution in [2.45, 2.75) is 142 Å². The first-order chi connectivity index (χ1) is 18.7. The molecule has 1 unspecified atom stereocenters. The van der Waals surface area contributed by atoms with Gasteiger partial charge in [-0.2, -0.15) is 0 Å². The molecule has 0 aromatic carbocycles. The molecule has 0 aliphatic heterocycles. The van der Waals surface area contributed by atoms with Crippen molar-refractivity contribution in [2.24, 2.45) is 0 Å². The van der Waals surface area contributed by atoms with Crippen molar-refractivity contribution >= 4 is 5.97 Å². The minimum absolute atomic E-state index is 0.180. The van der Waals surface area contributed by atoms with E-state index in [4.69, 9.17) is 9.47 Å². The lowest BCUT2D eigenvalue weighted by Crippen LogP contribution is -2.27. The van der Waals surface area contributed by atoms with Gasteiger partial charge < -0.3 is 14.6 Å². The zero-order chi connectivity index (χ0) is 27.8. The highest BCUT2D eigenvalue weighted by atomic mass is 16.6. The summed E-state index contributed by atoms with van der Waals surface area (Å²) in [6.45, 7) is 5.15. The van der Waals surface area contributed by atoms with Gasteiger partial charge in [-0.15, -0.1) is 0 Å². The van der Waals surface area contributed by atoms with Gasteiger partial charge >= 0.3 is 5.97 Å². The van der Waals surface area contributed by atoms with Crippen LogP contribution in [0.4, 0.5) is 0 Å². The lowest BCUT2D eigenvalue weighted by molar-refractivity contribution is -0.154. The maximum absolute atomic E-state index is 12.0. The Hall–Kier alpha value is -1.65. The van der Waals surface area contributed by atoms with Crippen molar-refractivity contribution in [3.8, 4) is 0 Å². The van der Waals surface area contributed by atoms with Crippen LogP contribution in [0.25, 0.3) is 0 Å². The van der Waals surface area contributed by atoms with E-state index >= 15 is 0 Å². The molecule has 0 aromatic rings. The molecule has 0 spiro atoms. The Morgan fingerprint density at radius 3 is 1.79 bits per heavy atom. The highest BCUT2D eigenvalue weighted by molar-refractivity contribution is 5.69. The Morgan fingerprint density at radius 2 is 1.18 bits per heavy atom. The van der Waals surface area contributed by atoms with E-state index in [0.29, 0.717) is 13.0 Å². The molecule has 220 valence electrons. The Kier molecular flexibility index (Phi) is 30.2. The molecule has 38 heavy (non-hydrogen) atoms. The van der Waals surface area contributed by atoms with Gasteiger partial charge in [-0.25, -0.2) is 0 Å². The zero-order valence-electron chi connectivity index (χ0n) is 24.9. The third-order valence-electron chi connectivity index (χ3n) is 6.42. The molecule has 0 rings (SSSR count). The lowest BCUT2D eigenvalue weighted by atomic mass is 10.1. The minimum atomic E-state index is -0.539. The van der Waals surface area contributed by atoms with Crippen LogP contribution in [0.2, 0.25) is 0 Å². The topological polar surface area (TPSA) is 55.8 Å². The average molecular weight is 533 g/mol. The molecule has 0 aliphatic carbocycles. The molecule has 1 N–H and O–H groups in total. The maximum Gasteiger partial charge on any atom is 0.306 e. The molecule has 0 heterocycles. The molecule has 0 saturated carbocycles. The fraction of sp³-hybridized carbons (Fsp3) is 0.735. The molecule has 0 radical (unpaired) electrons. The van der Waals surface area contributed by atoms with Gasteiger partial charge in [-0.3, -0.25) is 4.79 Å². The third kappa shape index (κ3) is 28.9. The van der Waals surface area contributed by atoms with Crippen molar-refractivity contribution < 1.29 is 19.4 Å². The molecule has 4 nitrogen and oxygen atoms in total. The Balaban J connectivity index is 3.51. The standard InChI is InChI=1S/C34H60O4/c1-3-5-7-9-11-13-14-15-16-17-18-19-20-21-22-24-26-28-30-37-32-33(31-35)38-34(36)29-27-25-23-12-10-8-6-4-2/h5,7,11,13,15-16,18-19,33,35H,3-4,6,8-10,12,14,17,20-32H2,1-2H3/b7-5-,13-11-,16-15-,19-18-. The summed E-state index contributed by atoms with van der Waals surface area (Å²) in [5.41, 5.74) is 0. The second kappa shape index (κ2) is 31.6. The van der Waals surface area contributed by atoms with Crippen LogP contribution in [0.15, 0.2) is 48.6 Å². The number of carbonyl (C=O) groups excluding carboxylic acids is 1. The normalized spacial score (nSPS) is 13.0. The van der Waals surface area contributed by atoms with Crippen molar-refractivity contribution in [3.05, 3.63) is 48.6 Å². The van der Waals surface area contributed by atoms with Crippen LogP contribution in [0, 0.1) is 0 Å². The van der Waals surface area contributed by atoms with E-state index in [9.17, 15) is 9.90 Å². The van der Waals surface area contributed by atoms with Gasteiger partial charge in [0.2, 0.25) is 0 Å². The Bertz CT molecular complexity index is 606. The summed E-state index contributed by atoms with van der Waals surface area (Å²) < 4.78 is 11.0. The number of aliphatic hydroxyl groups is 1. The summed E-state index contributed by atoms with van der Waals surface area (Å²) in [4.78, 5) is 12.0. The van der Waals surface area contributed by atoms with Crippen LogP contribution in [-0.4, -0.2) is 37.0 Å². The second-order valence-corrected chi connectivity index (χ2v) is 10.2. The van der Waals surface area contributed by atoms with Gasteiger partial charge in [0.05, 0.1) is 13.2 Å². The van der Waals surface area contributed by atoms with E-state index in [1.54, 1.807) is 0 Å². The number of hydrogen-bond acceptors (Lipinski definition) is 4. The SMILES string of the molecule is CC/C=C\C/C=C\C/C=C\C/C=C\CCCCCCCOCC(CO)OC(=O)CCCCCCCCCC. The number of aliphatic hydroxyl groups excluding tert-OH is 1. The zero-order valence-corrected chi connectivity index (χ0v) is 24.9. The summed E-state index contributed by atoms with van der Waals surface area (Å²) >= 11 is 0. The summed E-state index contributed by atoms with van der Waals surface area (Å²) in [6, 6.07) is 0. The van der Waals surface area contributed by atoms with Crippen LogP contribution >= 0.6 is 0 Å². The van der Waals surface area contributed by atoms with Gasteiger partial charge in [-0.1, -0.05) is 127 Å². The van der Waals surface area contributed by atoms with Gasteiger partial charge in [0.25, 0.3) is 0 Å². The molecule has 0 saturated heterocycles. The Morgan fingerprint density at radius 1 is 0.658 bits per heavy atom. The molecule has 0 fully saturated rings. The van der Waals surface area contributed by atoms with Crippen molar-refractivity contribution in [1.82, 2.24) is 0 Å². The highest BCUT2D eigenvalue weighted by Gasteiger charge is 2.13. The number of unbranched alkanes of at least 4 members (excludes halogenated alkanes) is 12. The molecule has 0 aromatic heterocycles. The number of rotatable bonds is 28. The molecule has 1 atom stereocenters. The molecule has 4 heteroatoms. The number of hydrogen-bond donors (Lipinski definition) is 1. The quantitative estimate of drug-likeness (QED) is 0.0619. The second-order valence-electron chi connectivity index (χ2n) is 10.2. The number of esters is 1. The van der Waals surface area contributed by atoms with E-state index in [-0.39, 0.29) is 19.2 Å². The summed E-state index contributed by atoms with van der Waals surface area (Å²) in [7, 11) is 0. The van der Waals surface area contributed by atoms with Gasteiger partial charge in [-0.05, 0) is 51.4 Å². The summed E-state index contributed by atoms with van der Waals surface area (Å²) in [5.74, 6) is -0.216. The number of carbonyl (C=O) groups is 1. The maximum atomic E-state index is 12.0. The van der Waals surface area contributed by atoms with E-state index in [1.165, 1.54) is 57.8 Å². The van der Waals surface area contributed by atoms with Crippen molar-refractivity contribution in [1.29, 1.82) is 0 Å². The molecule has 0 amide bonds. The van der Waals surface area contributed by atoms with E-state index < -0.39 is 6.10 Å². The monoisotopic (exact) mass is 532 g/mol. The number of allylic oxidation sites excluding steroid dienone is 8. The van der Waals surface area contributed by atoms with E-state index in [2.05, 4.69) is 62.5 Å². The molecule has 0 aliphatic rings. The average Bonchev–Trinajstić information content (AvgIpc) is 2.92. The van der Waals surface area contributed by atoms with Crippen molar-refractivity contribution in [2.75, 3.05) is 19.8 Å². The van der Waals surface area contributed by atoms with E-state index in [1.807, 2.05) is 0 Å². The lowest BCUT2D eigenvalue weighted by Gasteiger charge is -2.15. The van der Waals surface area contributed by atoms with Crippen LogP contribution in [0.5, 0.6) is 0 Å². The predicted octanol–water partition coefficient (Wildman–Crippen LogP) is 9.58. The first kappa shape index (κ1) is 36.4. The molecule has 0 bridgehead atoms. The summed E-state index contributed by atoms with van der Waals surface area (Å²) in [6.07, 6.45) is 38.6. The molecular weight excluding hydrogens is 472 g/mol. The van der Waals surface area contributed by atoms with Crippen LogP contribution in [0.1, 0.15) is 136 Å². The molecular formula is C34H60O4. The minimum Gasteiger partial charge on any atom is -0.457 e. The third-order valence-corrected chi connectivity index (χ3v) is 6.42. The van der Waals surface area contributed by atoms with Crippen molar-refractivity contribution in [3.63, 3.8) is 0 Å². The Labute approximate surface area is 235 Å². The first-order valence-electron chi connectivity index (χ1n) is 15.7. The fourth-order valence-corrected chi connectivity index (χ4v) is 4.08. The van der Waals surface area contributed by atoms with Crippen LogP contribution < -0.4 is 0 Å². The summed E-state index contributed by atoms with van der Waals surface area (Å²) in [5, 5.41) is 9.47. The van der Waals surface area contributed by atoms with Crippen LogP contribution in [-0.2, 0) is 14.3 Å². The van der Waals surface area contributed by atoms with E-state index in [0.717, 1.165) is 57.8 Å². The van der Waals surface area contributed by atoms with Gasteiger partial charge in [0.1, 0.15) is 6.10 Å². The number of ether oxygens (including phenoxy) is 2. The fourth-order valence-electron chi connectivity index (χ4n) is 4.08. The van der Waals surface area contributed by atoms with Crippen LogP contribution in [0.3, 0.4) is 0 Å². The first-order valence-corrected chi connectivity index (χ1v) is 15.7.